The molecule has 1 unspecified atom stereocenters. The number of amides is 1. The van der Waals surface area contributed by atoms with Crippen molar-refractivity contribution >= 4 is 11.9 Å². The van der Waals surface area contributed by atoms with E-state index in [1.54, 1.807) is 12.1 Å². The van der Waals surface area contributed by atoms with Crippen molar-refractivity contribution in [2.24, 2.45) is 11.1 Å². The Kier molecular flexibility index (Phi) is 5.06. The van der Waals surface area contributed by atoms with E-state index in [1.807, 2.05) is 13.8 Å². The van der Waals surface area contributed by atoms with Gasteiger partial charge >= 0.3 is 5.97 Å². The van der Waals surface area contributed by atoms with Gasteiger partial charge < -0.3 is 16.2 Å². The minimum absolute atomic E-state index is 0.0835. The largest absolute Gasteiger partial charge is 0.478 e. The van der Waals surface area contributed by atoms with Gasteiger partial charge in [0.15, 0.2) is 0 Å². The van der Waals surface area contributed by atoms with E-state index in [1.165, 1.54) is 12.1 Å². The van der Waals surface area contributed by atoms with Gasteiger partial charge in [-0.25, -0.2) is 4.79 Å². The zero-order valence-electron chi connectivity index (χ0n) is 11.3. The molecule has 5 heteroatoms. The summed E-state index contributed by atoms with van der Waals surface area (Å²) in [6, 6.07) is 6.42. The van der Waals surface area contributed by atoms with Crippen molar-refractivity contribution in [1.29, 1.82) is 0 Å². The second kappa shape index (κ2) is 6.33. The molecule has 0 saturated carbocycles. The van der Waals surface area contributed by atoms with Crippen LogP contribution in [0.1, 0.15) is 36.2 Å². The molecule has 4 N–H and O–H groups in total. The van der Waals surface area contributed by atoms with Crippen molar-refractivity contribution in [1.82, 2.24) is 5.32 Å². The third kappa shape index (κ3) is 3.79. The van der Waals surface area contributed by atoms with Crippen molar-refractivity contribution in [3.63, 3.8) is 0 Å². The van der Waals surface area contributed by atoms with Crippen molar-refractivity contribution in [2.75, 3.05) is 6.54 Å². The Morgan fingerprint density at radius 1 is 1.32 bits per heavy atom. The average molecular weight is 264 g/mol. The molecule has 104 valence electrons. The Morgan fingerprint density at radius 3 is 2.32 bits per heavy atom. The number of hydrogen-bond acceptors (Lipinski definition) is 3. The van der Waals surface area contributed by atoms with Crippen molar-refractivity contribution < 1.29 is 14.7 Å². The Bertz CT molecular complexity index is 450. The summed E-state index contributed by atoms with van der Waals surface area (Å²) in [5, 5.41) is 11.6. The lowest BCUT2D eigenvalue weighted by Crippen LogP contribution is -2.43. The van der Waals surface area contributed by atoms with Crippen LogP contribution in [0.3, 0.4) is 0 Å². The van der Waals surface area contributed by atoms with Gasteiger partial charge in [-0.3, -0.25) is 4.79 Å². The minimum Gasteiger partial charge on any atom is -0.478 e. The highest BCUT2D eigenvalue weighted by atomic mass is 16.4. The molecule has 1 atom stereocenters. The molecule has 19 heavy (non-hydrogen) atoms. The second-order valence-electron chi connectivity index (χ2n) is 4.80. The van der Waals surface area contributed by atoms with Crippen LogP contribution in [0.15, 0.2) is 24.3 Å². The van der Waals surface area contributed by atoms with Gasteiger partial charge in [0.2, 0.25) is 5.91 Å². The number of carbonyl (C=O) groups excluding carboxylic acids is 1. The monoisotopic (exact) mass is 264 g/mol. The lowest BCUT2D eigenvalue weighted by atomic mass is 9.86. The molecule has 0 aromatic heterocycles. The molecule has 0 saturated heterocycles. The van der Waals surface area contributed by atoms with Crippen molar-refractivity contribution in [3.05, 3.63) is 35.4 Å². The molecule has 0 spiro atoms. The number of nitrogens with two attached hydrogens (primary N) is 1. The van der Waals surface area contributed by atoms with E-state index >= 15 is 0 Å². The number of carboxylic acids is 1. The van der Waals surface area contributed by atoms with Crippen LogP contribution in [-0.2, 0) is 11.3 Å². The van der Waals surface area contributed by atoms with Crippen molar-refractivity contribution in [3.8, 4) is 0 Å². The van der Waals surface area contributed by atoms with E-state index in [0.29, 0.717) is 19.5 Å². The van der Waals surface area contributed by atoms with Gasteiger partial charge in [-0.2, -0.15) is 0 Å². The maximum atomic E-state index is 12.0. The standard InChI is InChI=1S/C14H20N2O3/c1-3-14(2,9-15)13(19)16-8-10-4-6-11(7-5-10)12(17)18/h4-7H,3,8-9,15H2,1-2H3,(H,16,19)(H,17,18). The summed E-state index contributed by atoms with van der Waals surface area (Å²) < 4.78 is 0. The third-order valence-corrected chi connectivity index (χ3v) is 3.43. The SMILES string of the molecule is CCC(C)(CN)C(=O)NCc1ccc(C(=O)O)cc1. The predicted octanol–water partition coefficient (Wildman–Crippen LogP) is 1.38. The molecule has 0 aliphatic carbocycles. The van der Waals surface area contributed by atoms with Gasteiger partial charge in [-0.1, -0.05) is 19.1 Å². The van der Waals surface area contributed by atoms with Crippen LogP contribution in [-0.4, -0.2) is 23.5 Å². The fourth-order valence-corrected chi connectivity index (χ4v) is 1.56. The van der Waals surface area contributed by atoms with Gasteiger partial charge in [0.1, 0.15) is 0 Å². The molecule has 0 heterocycles. The number of rotatable bonds is 6. The highest BCUT2D eigenvalue weighted by molar-refractivity contribution is 5.87. The summed E-state index contributed by atoms with van der Waals surface area (Å²) in [6.07, 6.45) is 0.674. The number of carboxylic acid groups (broad SMARTS) is 1. The quantitative estimate of drug-likeness (QED) is 0.723. The van der Waals surface area contributed by atoms with Gasteiger partial charge in [-0.15, -0.1) is 0 Å². The molecule has 0 aliphatic heterocycles. The maximum absolute atomic E-state index is 12.0. The number of benzene rings is 1. The Morgan fingerprint density at radius 2 is 1.89 bits per heavy atom. The molecule has 5 nitrogen and oxygen atoms in total. The van der Waals surface area contributed by atoms with Crippen LogP contribution in [0.4, 0.5) is 0 Å². The summed E-state index contributed by atoms with van der Waals surface area (Å²) >= 11 is 0. The normalized spacial score (nSPS) is 13.6. The van der Waals surface area contributed by atoms with E-state index in [2.05, 4.69) is 5.32 Å². The Balaban J connectivity index is 2.62. The zero-order valence-corrected chi connectivity index (χ0v) is 11.3. The van der Waals surface area contributed by atoms with Crippen LogP contribution in [0.2, 0.25) is 0 Å². The van der Waals surface area contributed by atoms with Crippen LogP contribution in [0.25, 0.3) is 0 Å². The minimum atomic E-state index is -0.961. The van der Waals surface area contributed by atoms with Crippen LogP contribution in [0.5, 0.6) is 0 Å². The Hall–Kier alpha value is -1.88. The molecule has 0 fully saturated rings. The molecular formula is C14H20N2O3. The molecule has 1 rings (SSSR count). The van der Waals surface area contributed by atoms with E-state index in [-0.39, 0.29) is 11.5 Å². The first-order valence-electron chi connectivity index (χ1n) is 6.23. The second-order valence-corrected chi connectivity index (χ2v) is 4.80. The van der Waals surface area contributed by atoms with E-state index in [9.17, 15) is 9.59 Å². The van der Waals surface area contributed by atoms with Gasteiger partial charge in [-0.05, 0) is 31.0 Å². The molecule has 0 bridgehead atoms. The highest BCUT2D eigenvalue weighted by Crippen LogP contribution is 2.19. The fourth-order valence-electron chi connectivity index (χ4n) is 1.56. The van der Waals surface area contributed by atoms with Crippen molar-refractivity contribution in [2.45, 2.75) is 26.8 Å². The van der Waals surface area contributed by atoms with E-state index in [0.717, 1.165) is 5.56 Å². The van der Waals surface area contributed by atoms with E-state index < -0.39 is 11.4 Å². The van der Waals surface area contributed by atoms with Crippen LogP contribution in [0, 0.1) is 5.41 Å². The summed E-state index contributed by atoms with van der Waals surface area (Å²) in [7, 11) is 0. The van der Waals surface area contributed by atoms with Gasteiger partial charge in [0.25, 0.3) is 0 Å². The number of nitrogens with one attached hydrogen (secondary N) is 1. The highest BCUT2D eigenvalue weighted by Gasteiger charge is 2.29. The first kappa shape index (κ1) is 15.2. The molecule has 0 radical (unpaired) electrons. The molecule has 1 aromatic carbocycles. The fraction of sp³-hybridized carbons (Fsp3) is 0.429. The molecule has 1 amide bonds. The smallest absolute Gasteiger partial charge is 0.335 e. The number of aromatic carboxylic acids is 1. The molecule has 0 aliphatic rings. The summed E-state index contributed by atoms with van der Waals surface area (Å²) in [4.78, 5) is 22.7. The van der Waals surface area contributed by atoms with Gasteiger partial charge in [0.05, 0.1) is 11.0 Å². The first-order valence-corrected chi connectivity index (χ1v) is 6.23. The summed E-state index contributed by atoms with van der Waals surface area (Å²) in [5.74, 6) is -1.04. The van der Waals surface area contributed by atoms with Gasteiger partial charge in [0, 0.05) is 13.1 Å². The van der Waals surface area contributed by atoms with Crippen LogP contribution < -0.4 is 11.1 Å². The first-order chi connectivity index (χ1) is 8.92. The van der Waals surface area contributed by atoms with E-state index in [4.69, 9.17) is 10.8 Å². The summed E-state index contributed by atoms with van der Waals surface area (Å²) in [5.41, 5.74) is 6.15. The number of hydrogen-bond donors (Lipinski definition) is 3. The Labute approximate surface area is 112 Å². The molecular weight excluding hydrogens is 244 g/mol. The third-order valence-electron chi connectivity index (χ3n) is 3.43. The zero-order chi connectivity index (χ0) is 14.5. The van der Waals surface area contributed by atoms with Crippen LogP contribution >= 0.6 is 0 Å². The molecule has 1 aromatic rings. The predicted molar refractivity (Wildman–Crippen MR) is 72.7 cm³/mol. The maximum Gasteiger partial charge on any atom is 0.335 e. The average Bonchev–Trinajstić information content (AvgIpc) is 2.44. The lowest BCUT2D eigenvalue weighted by Gasteiger charge is -2.24. The topological polar surface area (TPSA) is 92.4 Å². The number of carbonyl (C=O) groups is 2. The summed E-state index contributed by atoms with van der Waals surface area (Å²) in [6.45, 7) is 4.42. The lowest BCUT2D eigenvalue weighted by molar-refractivity contribution is -0.130.